The number of rotatable bonds is 6. The molecule has 0 amide bonds. The first-order valence-corrected chi connectivity index (χ1v) is 21.5. The monoisotopic (exact) mass is 482 g/mol. The normalized spacial score (nSPS) is 29.8. The van der Waals surface area contributed by atoms with Gasteiger partial charge in [-0.1, -0.05) is 39.8 Å². The minimum absolute atomic E-state index is 0.00598. The van der Waals surface area contributed by atoms with Crippen molar-refractivity contribution < 1.29 is 18.1 Å². The maximum absolute atomic E-state index is 13.5. The van der Waals surface area contributed by atoms with Crippen molar-refractivity contribution in [3.8, 4) is 0 Å². The van der Waals surface area contributed by atoms with Crippen LogP contribution >= 0.6 is 0 Å². The Labute approximate surface area is 194 Å². The molecule has 0 unspecified atom stereocenters. The quantitative estimate of drug-likeness (QED) is 0.303. The van der Waals surface area contributed by atoms with E-state index in [1.807, 2.05) is 0 Å². The topological polar surface area (TPSA) is 44.8 Å². The summed E-state index contributed by atoms with van der Waals surface area (Å²) in [7, 11) is -5.76. The van der Waals surface area contributed by atoms with E-state index in [4.69, 9.17) is 13.3 Å². The van der Waals surface area contributed by atoms with E-state index < -0.39 is 25.0 Å². The molecule has 7 heteroatoms. The Kier molecular flexibility index (Phi) is 7.69. The summed E-state index contributed by atoms with van der Waals surface area (Å²) in [5.74, 6) is 1.03. The predicted molar refractivity (Wildman–Crippen MR) is 137 cm³/mol. The van der Waals surface area contributed by atoms with Crippen LogP contribution in [0.1, 0.15) is 34.1 Å². The van der Waals surface area contributed by atoms with Gasteiger partial charge in [-0.25, -0.2) is 0 Å². The Hall–Kier alpha value is -0.639. The average molecular weight is 483 g/mol. The minimum Gasteiger partial charge on any atom is -0.547 e. The molecule has 0 heterocycles. The molecule has 0 radical (unpaired) electrons. The fraction of sp³-hybridized carbons (Fsp3) is 0.792. The molecule has 0 aromatic carbocycles. The van der Waals surface area contributed by atoms with Crippen molar-refractivity contribution >= 4 is 30.9 Å². The summed E-state index contributed by atoms with van der Waals surface area (Å²) >= 11 is 0. The lowest BCUT2D eigenvalue weighted by Gasteiger charge is -2.49. The standard InChI is InChI=1S/C24H46O4Si3/c1-17-13-14-18-19(26-29(5,6)7)15-16-20(27-31(11,12)24(2,3)4)22(18)21(17)23(25)28-30(8,9)10/h13-15,17-18,20-22H,16H2,1-12H3/t17-,18-,20-,21-,22+/m0/s1. The maximum Gasteiger partial charge on any atom is 0.296 e. The summed E-state index contributed by atoms with van der Waals surface area (Å²) < 4.78 is 19.5. The molecule has 2 aliphatic rings. The van der Waals surface area contributed by atoms with Gasteiger partial charge in [0.2, 0.25) is 16.6 Å². The Morgan fingerprint density at radius 1 is 0.968 bits per heavy atom. The van der Waals surface area contributed by atoms with Gasteiger partial charge >= 0.3 is 0 Å². The highest BCUT2D eigenvalue weighted by molar-refractivity contribution is 6.74. The van der Waals surface area contributed by atoms with Crippen molar-refractivity contribution in [3.63, 3.8) is 0 Å². The van der Waals surface area contributed by atoms with Crippen LogP contribution in [-0.2, 0) is 18.1 Å². The van der Waals surface area contributed by atoms with Gasteiger partial charge in [-0.05, 0) is 75.8 Å². The maximum atomic E-state index is 13.5. The third kappa shape index (κ3) is 6.68. The first-order chi connectivity index (χ1) is 13.8. The fourth-order valence-corrected chi connectivity index (χ4v) is 7.31. The van der Waals surface area contributed by atoms with Crippen LogP contribution in [0.15, 0.2) is 24.0 Å². The van der Waals surface area contributed by atoms with Crippen molar-refractivity contribution in [3.05, 3.63) is 24.0 Å². The summed E-state index contributed by atoms with van der Waals surface area (Å²) in [6.45, 7) is 26.5. The highest BCUT2D eigenvalue weighted by atomic mass is 28.4. The van der Waals surface area contributed by atoms with E-state index in [1.54, 1.807) is 0 Å². The Morgan fingerprint density at radius 3 is 2.03 bits per heavy atom. The molecule has 0 aliphatic heterocycles. The summed E-state index contributed by atoms with van der Waals surface area (Å²) in [5, 5.41) is 0.117. The minimum atomic E-state index is -2.00. The molecule has 0 aromatic heterocycles. The zero-order chi connectivity index (χ0) is 24.0. The second-order valence-corrected chi connectivity index (χ2v) is 26.5. The molecule has 0 saturated heterocycles. The summed E-state index contributed by atoms with van der Waals surface area (Å²) in [6, 6.07) is 0. The smallest absolute Gasteiger partial charge is 0.296 e. The molecule has 0 N–H and O–H groups in total. The number of hydrogen-bond acceptors (Lipinski definition) is 4. The van der Waals surface area contributed by atoms with Crippen molar-refractivity contribution in [1.29, 1.82) is 0 Å². The molecule has 2 rings (SSSR count). The third-order valence-corrected chi connectivity index (χ3v) is 12.8. The van der Waals surface area contributed by atoms with E-state index >= 15 is 0 Å². The van der Waals surface area contributed by atoms with Crippen LogP contribution in [0.5, 0.6) is 0 Å². The molecule has 0 aromatic rings. The van der Waals surface area contributed by atoms with Crippen molar-refractivity contribution in [2.75, 3.05) is 0 Å². The number of fused-ring (bicyclic) bond motifs is 1. The number of allylic oxidation sites excluding steroid dienone is 2. The molecule has 0 fully saturated rings. The fourth-order valence-electron chi connectivity index (χ4n) is 4.28. The lowest BCUT2D eigenvalue weighted by atomic mass is 9.65. The van der Waals surface area contributed by atoms with Crippen LogP contribution in [0.4, 0.5) is 0 Å². The van der Waals surface area contributed by atoms with Crippen LogP contribution in [0, 0.1) is 23.7 Å². The first kappa shape index (κ1) is 26.6. The lowest BCUT2D eigenvalue weighted by molar-refractivity contribution is -0.146. The molecule has 5 atom stereocenters. The van der Waals surface area contributed by atoms with Crippen LogP contribution < -0.4 is 0 Å². The van der Waals surface area contributed by atoms with Gasteiger partial charge in [0.05, 0.1) is 17.8 Å². The summed E-state index contributed by atoms with van der Waals surface area (Å²) in [6.07, 6.45) is 7.49. The highest BCUT2D eigenvalue weighted by Crippen LogP contribution is 2.48. The van der Waals surface area contributed by atoms with Gasteiger partial charge in [0.1, 0.15) is 0 Å². The van der Waals surface area contributed by atoms with Gasteiger partial charge < -0.3 is 13.3 Å². The van der Waals surface area contributed by atoms with Crippen LogP contribution in [-0.4, -0.2) is 37.0 Å². The van der Waals surface area contributed by atoms with Gasteiger partial charge in [0.25, 0.3) is 5.97 Å². The number of hydrogen-bond donors (Lipinski definition) is 0. The Balaban J connectivity index is 2.49. The van der Waals surface area contributed by atoms with E-state index in [9.17, 15) is 4.79 Å². The van der Waals surface area contributed by atoms with E-state index in [0.29, 0.717) is 0 Å². The van der Waals surface area contributed by atoms with Crippen molar-refractivity contribution in [2.45, 2.75) is 97.6 Å². The molecule has 0 spiro atoms. The zero-order valence-corrected chi connectivity index (χ0v) is 25.0. The number of carbonyl (C=O) groups excluding carboxylic acids is 1. The average Bonchev–Trinajstić information content (AvgIpc) is 2.52. The Bertz CT molecular complexity index is 723. The number of carbonyl (C=O) groups is 1. The molecule has 0 saturated carbocycles. The zero-order valence-electron chi connectivity index (χ0n) is 22.0. The molecule has 31 heavy (non-hydrogen) atoms. The molecule has 0 bridgehead atoms. The molecular formula is C24H46O4Si3. The van der Waals surface area contributed by atoms with Gasteiger partial charge in [-0.3, -0.25) is 4.79 Å². The van der Waals surface area contributed by atoms with Crippen LogP contribution in [0.3, 0.4) is 0 Å². The van der Waals surface area contributed by atoms with Crippen LogP contribution in [0.25, 0.3) is 0 Å². The molecule has 2 aliphatic carbocycles. The summed E-state index contributed by atoms with van der Waals surface area (Å²) in [5.41, 5.74) is 0. The Morgan fingerprint density at radius 2 is 1.55 bits per heavy atom. The predicted octanol–water partition coefficient (Wildman–Crippen LogP) is 6.95. The molecular weight excluding hydrogens is 437 g/mol. The second-order valence-electron chi connectivity index (χ2n) is 12.9. The van der Waals surface area contributed by atoms with Gasteiger partial charge in [-0.15, -0.1) is 0 Å². The largest absolute Gasteiger partial charge is 0.547 e. The van der Waals surface area contributed by atoms with E-state index in [2.05, 4.69) is 98.3 Å². The second kappa shape index (κ2) is 8.95. The molecule has 178 valence electrons. The van der Waals surface area contributed by atoms with Gasteiger partial charge in [-0.2, -0.15) is 0 Å². The van der Waals surface area contributed by atoms with Crippen molar-refractivity contribution in [1.82, 2.24) is 0 Å². The first-order valence-electron chi connectivity index (χ1n) is 11.8. The van der Waals surface area contributed by atoms with E-state index in [-0.39, 0.29) is 40.8 Å². The van der Waals surface area contributed by atoms with Gasteiger partial charge in [0, 0.05) is 11.8 Å². The van der Waals surface area contributed by atoms with Crippen LogP contribution in [0.2, 0.25) is 57.4 Å². The van der Waals surface area contributed by atoms with E-state index in [1.165, 1.54) is 0 Å². The van der Waals surface area contributed by atoms with Gasteiger partial charge in [0.15, 0.2) is 8.32 Å². The van der Waals surface area contributed by atoms with Crippen molar-refractivity contribution in [2.24, 2.45) is 23.7 Å². The highest BCUT2D eigenvalue weighted by Gasteiger charge is 2.51. The SMILES string of the molecule is C[C@H]1C=C[C@H]2C(O[Si](C)(C)C)=CC[C@H](O[Si](C)(C)C(C)(C)C)[C@@H]2[C@H]1C(=O)O[Si](C)(C)C. The lowest BCUT2D eigenvalue weighted by Crippen LogP contribution is -2.53. The van der Waals surface area contributed by atoms with E-state index in [0.717, 1.165) is 12.2 Å². The third-order valence-electron chi connectivity index (χ3n) is 6.68. The molecule has 4 nitrogen and oxygen atoms in total. The summed E-state index contributed by atoms with van der Waals surface area (Å²) in [4.78, 5) is 13.5.